The van der Waals surface area contributed by atoms with Crippen LogP contribution in [0.25, 0.3) is 22.3 Å². The second kappa shape index (κ2) is 6.48. The molecule has 0 aliphatic carbocycles. The smallest absolute Gasteiger partial charge is 0.197 e. The molecule has 0 unspecified atom stereocenters. The summed E-state index contributed by atoms with van der Waals surface area (Å²) in [6.45, 7) is 1.88. The third kappa shape index (κ3) is 2.83. The summed E-state index contributed by atoms with van der Waals surface area (Å²) in [5.41, 5.74) is 2.13. The minimum atomic E-state index is 0.521. The fourth-order valence-electron chi connectivity index (χ4n) is 2.67. The number of pyridine rings is 1. The van der Waals surface area contributed by atoms with Crippen LogP contribution in [0.15, 0.2) is 51.2 Å². The third-order valence-corrected chi connectivity index (χ3v) is 5.19. The molecule has 0 radical (unpaired) electrons. The van der Waals surface area contributed by atoms with Crippen LogP contribution in [0.3, 0.4) is 0 Å². The van der Waals surface area contributed by atoms with E-state index in [0.29, 0.717) is 32.1 Å². The largest absolute Gasteiger partial charge is 0.469 e. The van der Waals surface area contributed by atoms with Crippen LogP contribution in [0.2, 0.25) is 5.02 Å². The standard InChI is InChI=1S/C18H12ClN5OS/c1-10-13(5-6-25-10)17-22-23-18(24(17)2)26-16-7-11(9-20)14-8-12(19)3-4-15(14)21-16/h3-8H,1-2H3. The molecule has 0 saturated heterocycles. The molecule has 1 aromatic carbocycles. The van der Waals surface area contributed by atoms with Gasteiger partial charge in [0.2, 0.25) is 0 Å². The molecule has 128 valence electrons. The van der Waals surface area contributed by atoms with Crippen LogP contribution in [-0.4, -0.2) is 19.7 Å². The van der Waals surface area contributed by atoms with Gasteiger partial charge in [-0.2, -0.15) is 5.26 Å². The van der Waals surface area contributed by atoms with E-state index in [1.54, 1.807) is 30.5 Å². The van der Waals surface area contributed by atoms with Crippen molar-refractivity contribution in [3.63, 3.8) is 0 Å². The summed E-state index contributed by atoms with van der Waals surface area (Å²) in [5, 5.41) is 20.6. The van der Waals surface area contributed by atoms with Crippen molar-refractivity contribution in [3.05, 3.63) is 52.9 Å². The number of hydrogen-bond donors (Lipinski definition) is 0. The highest BCUT2D eigenvalue weighted by Crippen LogP contribution is 2.32. The van der Waals surface area contributed by atoms with Crippen molar-refractivity contribution in [2.75, 3.05) is 0 Å². The highest BCUT2D eigenvalue weighted by Gasteiger charge is 2.16. The Kier molecular flexibility index (Phi) is 4.15. The van der Waals surface area contributed by atoms with Gasteiger partial charge in [-0.25, -0.2) is 4.98 Å². The van der Waals surface area contributed by atoms with Crippen molar-refractivity contribution in [1.82, 2.24) is 19.7 Å². The van der Waals surface area contributed by atoms with E-state index in [4.69, 9.17) is 16.0 Å². The van der Waals surface area contributed by atoms with E-state index >= 15 is 0 Å². The van der Waals surface area contributed by atoms with E-state index in [-0.39, 0.29) is 0 Å². The number of aromatic nitrogens is 4. The number of halogens is 1. The van der Waals surface area contributed by atoms with Gasteiger partial charge >= 0.3 is 0 Å². The lowest BCUT2D eigenvalue weighted by Gasteiger charge is -2.06. The molecule has 26 heavy (non-hydrogen) atoms. The van der Waals surface area contributed by atoms with Crippen LogP contribution in [0.1, 0.15) is 11.3 Å². The van der Waals surface area contributed by atoms with E-state index in [1.807, 2.05) is 24.6 Å². The number of nitriles is 1. The number of fused-ring (bicyclic) bond motifs is 1. The molecule has 0 spiro atoms. The summed E-state index contributed by atoms with van der Waals surface area (Å²) < 4.78 is 7.22. The van der Waals surface area contributed by atoms with Gasteiger partial charge in [-0.3, -0.25) is 0 Å². The Labute approximate surface area is 158 Å². The molecule has 0 amide bonds. The summed E-state index contributed by atoms with van der Waals surface area (Å²) in [7, 11) is 1.89. The van der Waals surface area contributed by atoms with Gasteiger partial charge in [-0.05, 0) is 49.0 Å². The lowest BCUT2D eigenvalue weighted by Crippen LogP contribution is -1.95. The number of rotatable bonds is 3. The average molecular weight is 382 g/mol. The summed E-state index contributed by atoms with van der Waals surface area (Å²) in [4.78, 5) is 4.60. The van der Waals surface area contributed by atoms with Crippen molar-refractivity contribution in [2.45, 2.75) is 17.1 Å². The van der Waals surface area contributed by atoms with Gasteiger partial charge < -0.3 is 8.98 Å². The first-order chi connectivity index (χ1) is 12.6. The van der Waals surface area contributed by atoms with Crippen molar-refractivity contribution >= 4 is 34.3 Å². The van der Waals surface area contributed by atoms with Crippen molar-refractivity contribution in [2.24, 2.45) is 7.05 Å². The highest BCUT2D eigenvalue weighted by atomic mass is 35.5. The van der Waals surface area contributed by atoms with Crippen molar-refractivity contribution < 1.29 is 4.42 Å². The number of aryl methyl sites for hydroxylation is 1. The van der Waals surface area contributed by atoms with Crippen LogP contribution in [-0.2, 0) is 7.05 Å². The van der Waals surface area contributed by atoms with E-state index in [2.05, 4.69) is 21.3 Å². The van der Waals surface area contributed by atoms with Gasteiger partial charge in [0.1, 0.15) is 10.8 Å². The zero-order chi connectivity index (χ0) is 18.3. The summed E-state index contributed by atoms with van der Waals surface area (Å²) in [6, 6.07) is 11.1. The molecule has 0 N–H and O–H groups in total. The molecule has 8 heteroatoms. The molecule has 4 aromatic rings. The maximum absolute atomic E-state index is 9.46. The van der Waals surface area contributed by atoms with E-state index in [0.717, 1.165) is 16.7 Å². The normalized spacial score (nSPS) is 11.0. The Balaban J connectivity index is 1.75. The minimum Gasteiger partial charge on any atom is -0.469 e. The first-order valence-corrected chi connectivity index (χ1v) is 8.88. The van der Waals surface area contributed by atoms with Gasteiger partial charge in [0.05, 0.1) is 29.0 Å². The van der Waals surface area contributed by atoms with Crippen LogP contribution >= 0.6 is 23.4 Å². The molecule has 0 bridgehead atoms. The lowest BCUT2D eigenvalue weighted by molar-refractivity contribution is 0.534. The topological polar surface area (TPSA) is 80.5 Å². The number of hydrogen-bond acceptors (Lipinski definition) is 6. The van der Waals surface area contributed by atoms with Gasteiger partial charge in [0.15, 0.2) is 11.0 Å². The number of benzene rings is 1. The van der Waals surface area contributed by atoms with Crippen molar-refractivity contribution in [3.8, 4) is 17.5 Å². The van der Waals surface area contributed by atoms with Gasteiger partial charge in [0.25, 0.3) is 0 Å². The first-order valence-electron chi connectivity index (χ1n) is 7.69. The number of nitrogens with zero attached hydrogens (tertiary/aromatic N) is 5. The molecule has 0 fully saturated rings. The molecule has 3 aromatic heterocycles. The Morgan fingerprint density at radius 2 is 2.08 bits per heavy atom. The van der Waals surface area contributed by atoms with Gasteiger partial charge in [0, 0.05) is 17.5 Å². The Hall–Kier alpha value is -2.82. The van der Waals surface area contributed by atoms with Crippen molar-refractivity contribution in [1.29, 1.82) is 5.26 Å². The molecule has 0 aliphatic rings. The van der Waals surface area contributed by atoms with Gasteiger partial charge in [-0.1, -0.05) is 11.6 Å². The maximum Gasteiger partial charge on any atom is 0.197 e. The predicted octanol–water partition coefficient (Wildman–Crippen LogP) is 4.61. The highest BCUT2D eigenvalue weighted by molar-refractivity contribution is 7.99. The number of furan rings is 1. The fourth-order valence-corrected chi connectivity index (χ4v) is 3.65. The predicted molar refractivity (Wildman–Crippen MR) is 99.0 cm³/mol. The van der Waals surface area contributed by atoms with E-state index in [9.17, 15) is 5.26 Å². The summed E-state index contributed by atoms with van der Waals surface area (Å²) in [6.07, 6.45) is 1.63. The minimum absolute atomic E-state index is 0.521. The van der Waals surface area contributed by atoms with Crippen LogP contribution in [0.5, 0.6) is 0 Å². The summed E-state index contributed by atoms with van der Waals surface area (Å²) in [5.74, 6) is 1.50. The Morgan fingerprint density at radius 3 is 2.81 bits per heavy atom. The summed E-state index contributed by atoms with van der Waals surface area (Å²) >= 11 is 7.38. The zero-order valence-corrected chi connectivity index (χ0v) is 15.5. The van der Waals surface area contributed by atoms with Crippen LogP contribution in [0, 0.1) is 18.3 Å². The lowest BCUT2D eigenvalue weighted by atomic mass is 10.1. The van der Waals surface area contributed by atoms with Crippen LogP contribution in [0.4, 0.5) is 0 Å². The first kappa shape index (κ1) is 16.6. The van der Waals surface area contributed by atoms with Gasteiger partial charge in [-0.15, -0.1) is 10.2 Å². The molecule has 0 atom stereocenters. The Morgan fingerprint density at radius 1 is 1.23 bits per heavy atom. The van der Waals surface area contributed by atoms with Crippen LogP contribution < -0.4 is 0 Å². The van der Waals surface area contributed by atoms with E-state index in [1.165, 1.54) is 11.8 Å². The van der Waals surface area contributed by atoms with E-state index < -0.39 is 0 Å². The Bertz CT molecular complexity index is 1170. The zero-order valence-electron chi connectivity index (χ0n) is 13.9. The molecule has 3 heterocycles. The molecule has 6 nitrogen and oxygen atoms in total. The molecule has 4 rings (SSSR count). The maximum atomic E-state index is 9.46. The third-order valence-electron chi connectivity index (χ3n) is 4.00. The molecule has 0 aliphatic heterocycles. The second-order valence-electron chi connectivity index (χ2n) is 5.64. The molecular formula is C18H12ClN5OS. The monoisotopic (exact) mass is 381 g/mol. The second-order valence-corrected chi connectivity index (χ2v) is 7.06. The molecule has 0 saturated carbocycles. The fraction of sp³-hybridized carbons (Fsp3) is 0.111. The SMILES string of the molecule is Cc1occc1-c1nnc(Sc2cc(C#N)c3cc(Cl)ccc3n2)n1C. The average Bonchev–Trinajstić information content (AvgIpc) is 3.20. The molecular weight excluding hydrogens is 370 g/mol. The quantitative estimate of drug-likeness (QED) is 0.515.